The lowest BCUT2D eigenvalue weighted by atomic mass is 9.97. The molecule has 1 saturated heterocycles. The standard InChI is InChI=1S/C20H23N5OS/c26-18(11-15-13-27-20-21-8-4-10-25(15)20)24-9-3-5-14(12-24)19-22-16-6-1-2-7-17(16)23-19/h1-2,6-7,13-14H,3-5,8-12H2,(H,22,23)/t14-/m1/s1. The summed E-state index contributed by atoms with van der Waals surface area (Å²) in [6.07, 6.45) is 3.63. The van der Waals surface area contributed by atoms with E-state index in [1.165, 1.54) is 0 Å². The maximum absolute atomic E-state index is 13.0. The van der Waals surface area contributed by atoms with Crippen molar-refractivity contribution in [1.29, 1.82) is 0 Å². The van der Waals surface area contributed by atoms with Gasteiger partial charge in [-0.3, -0.25) is 9.79 Å². The van der Waals surface area contributed by atoms with Crippen molar-refractivity contribution in [2.24, 2.45) is 4.99 Å². The van der Waals surface area contributed by atoms with Gasteiger partial charge in [-0.05, 0) is 36.8 Å². The van der Waals surface area contributed by atoms with Crippen LogP contribution in [0.15, 0.2) is 40.4 Å². The highest BCUT2D eigenvalue weighted by Gasteiger charge is 2.30. The number of aromatic amines is 1. The zero-order valence-corrected chi connectivity index (χ0v) is 16.0. The van der Waals surface area contributed by atoms with Gasteiger partial charge in [0.1, 0.15) is 5.82 Å². The number of thioether (sulfide) groups is 1. The summed E-state index contributed by atoms with van der Waals surface area (Å²) in [6.45, 7) is 3.47. The average molecular weight is 382 g/mol. The molecule has 1 aromatic carbocycles. The number of aliphatic imine (C=N–C) groups is 1. The Morgan fingerprint density at radius 2 is 2.19 bits per heavy atom. The predicted octanol–water partition coefficient (Wildman–Crippen LogP) is 3.31. The Bertz CT molecular complexity index is 900. The van der Waals surface area contributed by atoms with Crippen molar-refractivity contribution in [2.75, 3.05) is 26.2 Å². The van der Waals surface area contributed by atoms with Crippen molar-refractivity contribution in [3.8, 4) is 0 Å². The number of hydrogen-bond donors (Lipinski definition) is 1. The second kappa shape index (κ2) is 7.03. The van der Waals surface area contributed by atoms with Gasteiger partial charge in [-0.15, -0.1) is 0 Å². The number of para-hydroxylation sites is 2. The first-order valence-corrected chi connectivity index (χ1v) is 10.6. The number of hydrogen-bond acceptors (Lipinski definition) is 5. The van der Waals surface area contributed by atoms with Crippen LogP contribution >= 0.6 is 11.8 Å². The molecule has 140 valence electrons. The molecule has 1 atom stereocenters. The second-order valence-corrected chi connectivity index (χ2v) is 8.23. The molecule has 1 fully saturated rings. The first-order chi connectivity index (χ1) is 13.3. The monoisotopic (exact) mass is 381 g/mol. The summed E-state index contributed by atoms with van der Waals surface area (Å²) >= 11 is 1.65. The van der Waals surface area contributed by atoms with E-state index in [-0.39, 0.29) is 11.8 Å². The molecule has 0 aliphatic carbocycles. The van der Waals surface area contributed by atoms with E-state index in [0.29, 0.717) is 6.42 Å². The smallest absolute Gasteiger partial charge is 0.228 e. The number of amides is 1. The van der Waals surface area contributed by atoms with Gasteiger partial charge in [-0.1, -0.05) is 23.9 Å². The SMILES string of the molecule is O=C(CC1=CSC2=NCCCN12)N1CCC[C@@H](c2nc3ccccc3[nH]2)C1. The zero-order valence-electron chi connectivity index (χ0n) is 15.2. The van der Waals surface area contributed by atoms with Gasteiger partial charge in [-0.25, -0.2) is 4.98 Å². The molecule has 1 aromatic heterocycles. The normalized spacial score (nSPS) is 22.6. The minimum atomic E-state index is 0.217. The van der Waals surface area contributed by atoms with E-state index in [1.54, 1.807) is 11.8 Å². The Morgan fingerprint density at radius 3 is 3.11 bits per heavy atom. The van der Waals surface area contributed by atoms with Crippen LogP contribution in [0.1, 0.15) is 37.4 Å². The fraction of sp³-hybridized carbons (Fsp3) is 0.450. The summed E-state index contributed by atoms with van der Waals surface area (Å²) in [5.41, 5.74) is 3.18. The number of nitrogens with one attached hydrogen (secondary N) is 1. The van der Waals surface area contributed by atoms with E-state index < -0.39 is 0 Å². The van der Waals surface area contributed by atoms with Crippen molar-refractivity contribution >= 4 is 33.9 Å². The van der Waals surface area contributed by atoms with Crippen molar-refractivity contribution in [2.45, 2.75) is 31.6 Å². The topological polar surface area (TPSA) is 64.6 Å². The van der Waals surface area contributed by atoms with Gasteiger partial charge in [-0.2, -0.15) is 0 Å². The van der Waals surface area contributed by atoms with E-state index in [1.807, 2.05) is 23.1 Å². The summed E-state index contributed by atoms with van der Waals surface area (Å²) < 4.78 is 0. The van der Waals surface area contributed by atoms with Gasteiger partial charge in [0.15, 0.2) is 5.17 Å². The third kappa shape index (κ3) is 3.25. The van der Waals surface area contributed by atoms with Gasteiger partial charge in [0, 0.05) is 37.8 Å². The van der Waals surface area contributed by atoms with Gasteiger partial charge < -0.3 is 14.8 Å². The number of amidine groups is 1. The van der Waals surface area contributed by atoms with Crippen molar-refractivity contribution in [1.82, 2.24) is 19.8 Å². The number of likely N-dealkylation sites (tertiary alicyclic amines) is 1. The predicted molar refractivity (Wildman–Crippen MR) is 109 cm³/mol. The number of carbonyl (C=O) groups excluding carboxylic acids is 1. The molecule has 6 nitrogen and oxygen atoms in total. The van der Waals surface area contributed by atoms with Crippen LogP contribution < -0.4 is 0 Å². The number of rotatable bonds is 3. The first-order valence-electron chi connectivity index (χ1n) is 9.68. The molecule has 27 heavy (non-hydrogen) atoms. The number of fused-ring (bicyclic) bond motifs is 2. The quantitative estimate of drug-likeness (QED) is 0.886. The van der Waals surface area contributed by atoms with Crippen molar-refractivity contribution < 1.29 is 4.79 Å². The highest BCUT2D eigenvalue weighted by atomic mass is 32.2. The number of imidazole rings is 1. The van der Waals surface area contributed by atoms with Crippen molar-refractivity contribution in [3.05, 3.63) is 41.2 Å². The summed E-state index contributed by atoms with van der Waals surface area (Å²) in [5, 5.41) is 3.16. The number of nitrogens with zero attached hydrogens (tertiary/aromatic N) is 4. The summed E-state index contributed by atoms with van der Waals surface area (Å²) in [6, 6.07) is 8.12. The minimum absolute atomic E-state index is 0.217. The Balaban J connectivity index is 1.27. The molecule has 0 saturated carbocycles. The third-order valence-electron chi connectivity index (χ3n) is 5.57. The Hall–Kier alpha value is -2.28. The van der Waals surface area contributed by atoms with Crippen LogP contribution in [0, 0.1) is 0 Å². The summed E-state index contributed by atoms with van der Waals surface area (Å²) in [7, 11) is 0. The number of benzene rings is 1. The second-order valence-electron chi connectivity index (χ2n) is 7.39. The first kappa shape index (κ1) is 16.9. The molecule has 3 aliphatic rings. The van der Waals surface area contributed by atoms with Gasteiger partial charge in [0.25, 0.3) is 0 Å². The van der Waals surface area contributed by atoms with Gasteiger partial charge >= 0.3 is 0 Å². The summed E-state index contributed by atoms with van der Waals surface area (Å²) in [5.74, 6) is 1.51. The fourth-order valence-electron chi connectivity index (χ4n) is 4.13. The lowest BCUT2D eigenvalue weighted by Gasteiger charge is -2.33. The summed E-state index contributed by atoms with van der Waals surface area (Å²) in [4.78, 5) is 29.9. The van der Waals surface area contributed by atoms with E-state index in [0.717, 1.165) is 73.2 Å². The zero-order chi connectivity index (χ0) is 18.2. The number of H-pyrrole nitrogens is 1. The molecule has 2 aromatic rings. The van der Waals surface area contributed by atoms with Crippen LogP contribution in [0.5, 0.6) is 0 Å². The largest absolute Gasteiger partial charge is 0.342 e. The van der Waals surface area contributed by atoms with Gasteiger partial charge in [0.2, 0.25) is 5.91 Å². The maximum atomic E-state index is 13.0. The molecule has 0 spiro atoms. The molecule has 0 unspecified atom stereocenters. The molecule has 5 rings (SSSR count). The molecular formula is C20H23N5OS. The fourth-order valence-corrected chi connectivity index (χ4v) is 5.09. The average Bonchev–Trinajstić information content (AvgIpc) is 3.32. The molecule has 3 aliphatic heterocycles. The number of aromatic nitrogens is 2. The molecule has 1 amide bonds. The molecule has 0 radical (unpaired) electrons. The van der Waals surface area contributed by atoms with E-state index in [2.05, 4.69) is 26.4 Å². The van der Waals surface area contributed by atoms with E-state index in [9.17, 15) is 4.79 Å². The Morgan fingerprint density at radius 1 is 1.26 bits per heavy atom. The Labute approximate surface area is 162 Å². The van der Waals surface area contributed by atoms with Crippen LogP contribution in [0.4, 0.5) is 0 Å². The molecule has 1 N–H and O–H groups in total. The maximum Gasteiger partial charge on any atom is 0.228 e. The van der Waals surface area contributed by atoms with Gasteiger partial charge in [0.05, 0.1) is 17.5 Å². The van der Waals surface area contributed by atoms with Crippen LogP contribution in [-0.4, -0.2) is 57.0 Å². The Kier molecular flexibility index (Phi) is 4.39. The lowest BCUT2D eigenvalue weighted by Crippen LogP contribution is -2.40. The number of carbonyl (C=O) groups is 1. The van der Waals surface area contributed by atoms with Crippen LogP contribution in [0.3, 0.4) is 0 Å². The number of piperidine rings is 1. The third-order valence-corrected chi connectivity index (χ3v) is 6.52. The molecule has 4 heterocycles. The minimum Gasteiger partial charge on any atom is -0.342 e. The van der Waals surface area contributed by atoms with E-state index >= 15 is 0 Å². The highest BCUT2D eigenvalue weighted by molar-refractivity contribution is 8.16. The van der Waals surface area contributed by atoms with Crippen LogP contribution in [-0.2, 0) is 4.79 Å². The highest BCUT2D eigenvalue weighted by Crippen LogP contribution is 2.32. The molecule has 7 heteroatoms. The van der Waals surface area contributed by atoms with E-state index in [4.69, 9.17) is 4.98 Å². The van der Waals surface area contributed by atoms with Crippen LogP contribution in [0.25, 0.3) is 11.0 Å². The van der Waals surface area contributed by atoms with Crippen molar-refractivity contribution in [3.63, 3.8) is 0 Å². The molecule has 0 bridgehead atoms. The van der Waals surface area contributed by atoms with Crippen LogP contribution in [0.2, 0.25) is 0 Å². The lowest BCUT2D eigenvalue weighted by molar-refractivity contribution is -0.131. The molecular weight excluding hydrogens is 358 g/mol.